The Kier molecular flexibility index (Phi) is 1.91. The number of rotatable bonds is 0. The number of benzene rings is 1. The highest BCUT2D eigenvalue weighted by Gasteiger charge is 2.21. The minimum Gasteiger partial charge on any atom is -0.348 e. The third kappa shape index (κ3) is 1.30. The predicted molar refractivity (Wildman–Crippen MR) is 63.9 cm³/mol. The molecule has 0 aromatic heterocycles. The van der Waals surface area contributed by atoms with E-state index in [9.17, 15) is 0 Å². The zero-order valence-corrected chi connectivity index (χ0v) is 9.03. The van der Waals surface area contributed by atoms with Crippen molar-refractivity contribution in [1.29, 1.82) is 0 Å². The van der Waals surface area contributed by atoms with Crippen LogP contribution in [0.2, 0.25) is 0 Å². The first-order valence-electron chi connectivity index (χ1n) is 5.56. The number of hydrogen-bond acceptors (Lipinski definition) is 1. The maximum absolute atomic E-state index is 2.36. The molecule has 15 heavy (non-hydrogen) atoms. The molecular formula is C14H15N. The van der Waals surface area contributed by atoms with Crippen molar-refractivity contribution in [3.63, 3.8) is 0 Å². The van der Waals surface area contributed by atoms with Crippen LogP contribution in [-0.2, 0) is 6.42 Å². The summed E-state index contributed by atoms with van der Waals surface area (Å²) in [7, 11) is 2.19. The molecule has 0 amide bonds. The lowest BCUT2D eigenvalue weighted by Gasteiger charge is -2.33. The molecule has 2 aliphatic rings. The normalized spacial score (nSPS) is 18.9. The average Bonchev–Trinajstić information content (AvgIpc) is 2.30. The summed E-state index contributed by atoms with van der Waals surface area (Å²) in [6.07, 6.45) is 8.07. The van der Waals surface area contributed by atoms with Gasteiger partial charge in [-0.15, -0.1) is 0 Å². The Hall–Kier alpha value is -1.50. The molecule has 76 valence electrons. The van der Waals surface area contributed by atoms with Crippen molar-refractivity contribution in [2.45, 2.75) is 19.3 Å². The summed E-state index contributed by atoms with van der Waals surface area (Å²) >= 11 is 0. The molecule has 0 radical (unpaired) electrons. The second-order valence-electron chi connectivity index (χ2n) is 4.28. The first-order chi connectivity index (χ1) is 7.36. The second-order valence-corrected chi connectivity index (χ2v) is 4.28. The van der Waals surface area contributed by atoms with Crippen LogP contribution in [0.25, 0.3) is 0 Å². The minimum absolute atomic E-state index is 1.10. The summed E-state index contributed by atoms with van der Waals surface area (Å²) < 4.78 is 0. The van der Waals surface area contributed by atoms with E-state index in [0.29, 0.717) is 0 Å². The molecule has 0 N–H and O–H groups in total. The van der Waals surface area contributed by atoms with Crippen LogP contribution in [0.15, 0.2) is 47.7 Å². The van der Waals surface area contributed by atoms with Gasteiger partial charge < -0.3 is 4.90 Å². The average molecular weight is 197 g/mol. The third-order valence-corrected chi connectivity index (χ3v) is 3.38. The zero-order valence-electron chi connectivity index (χ0n) is 9.03. The van der Waals surface area contributed by atoms with Crippen LogP contribution in [0.4, 0.5) is 5.69 Å². The Bertz CT molecular complexity index is 454. The van der Waals surface area contributed by atoms with E-state index in [4.69, 9.17) is 0 Å². The van der Waals surface area contributed by atoms with E-state index in [-0.39, 0.29) is 0 Å². The van der Waals surface area contributed by atoms with Crippen molar-refractivity contribution in [3.8, 4) is 0 Å². The Morgan fingerprint density at radius 3 is 3.00 bits per heavy atom. The number of fused-ring (bicyclic) bond motifs is 1. The summed E-state index contributed by atoms with van der Waals surface area (Å²) in [6, 6.07) is 8.71. The van der Waals surface area contributed by atoms with E-state index in [2.05, 4.69) is 48.4 Å². The Labute approximate surface area is 90.7 Å². The van der Waals surface area contributed by atoms with Gasteiger partial charge in [-0.1, -0.05) is 30.4 Å². The van der Waals surface area contributed by atoms with Gasteiger partial charge in [0, 0.05) is 24.9 Å². The summed E-state index contributed by atoms with van der Waals surface area (Å²) in [5, 5.41) is 0. The number of allylic oxidation sites excluding steroid dienone is 4. The van der Waals surface area contributed by atoms with Gasteiger partial charge in [-0.05, 0) is 30.0 Å². The van der Waals surface area contributed by atoms with E-state index in [0.717, 1.165) is 6.42 Å². The van der Waals surface area contributed by atoms with E-state index in [1.54, 1.807) is 0 Å². The van der Waals surface area contributed by atoms with Gasteiger partial charge in [0.05, 0.1) is 0 Å². The summed E-state index contributed by atoms with van der Waals surface area (Å²) in [5.74, 6) is 0. The quantitative estimate of drug-likeness (QED) is 0.617. The van der Waals surface area contributed by atoms with Crippen LogP contribution in [0.3, 0.4) is 0 Å². The Morgan fingerprint density at radius 1 is 1.20 bits per heavy atom. The molecule has 0 saturated heterocycles. The third-order valence-electron chi connectivity index (χ3n) is 3.38. The van der Waals surface area contributed by atoms with E-state index >= 15 is 0 Å². The van der Waals surface area contributed by atoms with E-state index in [1.165, 1.54) is 35.4 Å². The molecule has 1 heteroatoms. The molecule has 1 aliphatic carbocycles. The zero-order chi connectivity index (χ0) is 10.3. The number of para-hydroxylation sites is 1. The van der Waals surface area contributed by atoms with E-state index < -0.39 is 0 Å². The van der Waals surface area contributed by atoms with Gasteiger partial charge in [0.1, 0.15) is 0 Å². The topological polar surface area (TPSA) is 3.24 Å². The Balaban J connectivity index is 2.11. The van der Waals surface area contributed by atoms with Crippen molar-refractivity contribution in [2.24, 2.45) is 0 Å². The number of hydrogen-bond donors (Lipinski definition) is 0. The van der Waals surface area contributed by atoms with Crippen molar-refractivity contribution >= 4 is 5.69 Å². The molecule has 0 spiro atoms. The lowest BCUT2D eigenvalue weighted by Crippen LogP contribution is -2.24. The lowest BCUT2D eigenvalue weighted by atomic mass is 9.91. The fourth-order valence-electron chi connectivity index (χ4n) is 2.58. The molecular weight excluding hydrogens is 182 g/mol. The molecule has 1 heterocycles. The van der Waals surface area contributed by atoms with Gasteiger partial charge in [0.25, 0.3) is 0 Å². The maximum atomic E-state index is 2.36. The molecule has 1 aliphatic heterocycles. The van der Waals surface area contributed by atoms with Gasteiger partial charge in [-0.25, -0.2) is 0 Å². The highest BCUT2D eigenvalue weighted by molar-refractivity contribution is 5.64. The van der Waals surface area contributed by atoms with Gasteiger partial charge >= 0.3 is 0 Å². The largest absolute Gasteiger partial charge is 0.348 e. The minimum atomic E-state index is 1.10. The van der Waals surface area contributed by atoms with E-state index in [1.807, 2.05) is 0 Å². The SMILES string of the molecule is CN1C2=C(C=CCC2)Cc2ccccc21. The molecule has 1 nitrogen and oxygen atoms in total. The smallest absolute Gasteiger partial charge is 0.0441 e. The lowest BCUT2D eigenvalue weighted by molar-refractivity contribution is 0.839. The fraction of sp³-hybridized carbons (Fsp3) is 0.286. The Morgan fingerprint density at radius 2 is 2.07 bits per heavy atom. The first-order valence-corrected chi connectivity index (χ1v) is 5.56. The number of anilines is 1. The standard InChI is InChI=1S/C14H15N/c1-15-13-8-4-2-6-11(13)10-12-7-3-5-9-14(12)15/h2-4,6-8H,5,9-10H2,1H3. The summed E-state index contributed by atoms with van der Waals surface area (Å²) in [6.45, 7) is 0. The number of nitrogens with zero attached hydrogens (tertiary/aromatic N) is 1. The van der Waals surface area contributed by atoms with Crippen LogP contribution in [0, 0.1) is 0 Å². The summed E-state index contributed by atoms with van der Waals surface area (Å²) in [4.78, 5) is 2.36. The molecule has 3 rings (SSSR count). The first kappa shape index (κ1) is 8.78. The van der Waals surface area contributed by atoms with Gasteiger partial charge in [0.2, 0.25) is 0 Å². The molecule has 0 saturated carbocycles. The van der Waals surface area contributed by atoms with Crippen LogP contribution < -0.4 is 4.90 Å². The molecule has 0 unspecified atom stereocenters. The van der Waals surface area contributed by atoms with Gasteiger partial charge in [-0.2, -0.15) is 0 Å². The van der Waals surface area contributed by atoms with Crippen molar-refractivity contribution in [1.82, 2.24) is 0 Å². The maximum Gasteiger partial charge on any atom is 0.0441 e. The fourth-order valence-corrected chi connectivity index (χ4v) is 2.58. The van der Waals surface area contributed by atoms with Gasteiger partial charge in [-0.3, -0.25) is 0 Å². The van der Waals surface area contributed by atoms with Crippen molar-refractivity contribution in [3.05, 3.63) is 53.3 Å². The summed E-state index contributed by atoms with van der Waals surface area (Å²) in [5.41, 5.74) is 5.84. The monoisotopic (exact) mass is 197 g/mol. The molecule has 0 fully saturated rings. The van der Waals surface area contributed by atoms with Gasteiger partial charge in [0.15, 0.2) is 0 Å². The van der Waals surface area contributed by atoms with Crippen LogP contribution in [-0.4, -0.2) is 7.05 Å². The van der Waals surface area contributed by atoms with Crippen molar-refractivity contribution < 1.29 is 0 Å². The van der Waals surface area contributed by atoms with Crippen molar-refractivity contribution in [2.75, 3.05) is 11.9 Å². The van der Waals surface area contributed by atoms with Crippen LogP contribution >= 0.6 is 0 Å². The molecule has 0 atom stereocenters. The van der Waals surface area contributed by atoms with Crippen LogP contribution in [0.1, 0.15) is 18.4 Å². The predicted octanol–water partition coefficient (Wildman–Crippen LogP) is 3.28. The second kappa shape index (κ2) is 3.27. The van der Waals surface area contributed by atoms with Crippen LogP contribution in [0.5, 0.6) is 0 Å². The molecule has 1 aromatic carbocycles. The molecule has 0 bridgehead atoms. The highest BCUT2D eigenvalue weighted by atomic mass is 15.1. The molecule has 1 aromatic rings. The highest BCUT2D eigenvalue weighted by Crippen LogP contribution is 2.35.